The lowest BCUT2D eigenvalue weighted by atomic mass is 9.95. The maximum absolute atomic E-state index is 12.5. The Hall–Kier alpha value is -2.68. The minimum Gasteiger partial charge on any atom is -0.351 e. The molecular formula is C23H25N3O3S2. The van der Waals surface area contributed by atoms with Crippen LogP contribution < -0.4 is 10.0 Å². The molecule has 162 valence electrons. The van der Waals surface area contributed by atoms with Crippen LogP contribution in [0.1, 0.15) is 32.4 Å². The molecule has 2 N–H and O–H groups in total. The molecule has 0 bridgehead atoms. The Labute approximate surface area is 187 Å². The maximum Gasteiger partial charge on any atom is 0.251 e. The lowest BCUT2D eigenvalue weighted by Gasteiger charge is -2.36. The van der Waals surface area contributed by atoms with Crippen molar-refractivity contribution in [1.29, 1.82) is 0 Å². The van der Waals surface area contributed by atoms with Crippen molar-refractivity contribution in [2.24, 2.45) is 0 Å². The molecule has 8 heteroatoms. The van der Waals surface area contributed by atoms with Crippen LogP contribution in [0, 0.1) is 0 Å². The molecule has 2 heterocycles. The van der Waals surface area contributed by atoms with Gasteiger partial charge in [0.1, 0.15) is 0 Å². The Bertz CT molecular complexity index is 1140. The summed E-state index contributed by atoms with van der Waals surface area (Å²) in [7, 11) is -3.34. The first kappa shape index (κ1) is 21.5. The number of rotatable bonds is 7. The highest BCUT2D eigenvalue weighted by Gasteiger charge is 2.29. The van der Waals surface area contributed by atoms with Gasteiger partial charge in [-0.1, -0.05) is 30.3 Å². The third kappa shape index (κ3) is 5.33. The lowest BCUT2D eigenvalue weighted by Crippen LogP contribution is -2.40. The Morgan fingerprint density at radius 1 is 1.10 bits per heavy atom. The van der Waals surface area contributed by atoms with Crippen molar-refractivity contribution < 1.29 is 13.2 Å². The van der Waals surface area contributed by atoms with Gasteiger partial charge in [0, 0.05) is 35.8 Å². The molecule has 2 aromatic carbocycles. The molecule has 3 aromatic rings. The van der Waals surface area contributed by atoms with E-state index in [1.165, 1.54) is 16.0 Å². The fourth-order valence-corrected chi connectivity index (χ4v) is 5.59. The van der Waals surface area contributed by atoms with E-state index in [4.69, 9.17) is 0 Å². The molecule has 1 unspecified atom stereocenters. The topological polar surface area (TPSA) is 78.5 Å². The SMILES string of the molecule is CS(=O)(=O)Nc1ccc(C(=O)NCCN2CCc3ccsc3C2c2ccccc2)cc1. The van der Waals surface area contributed by atoms with Gasteiger partial charge in [0.2, 0.25) is 10.0 Å². The molecule has 0 saturated heterocycles. The number of nitrogens with one attached hydrogen (secondary N) is 2. The largest absolute Gasteiger partial charge is 0.351 e. The molecule has 0 saturated carbocycles. The summed E-state index contributed by atoms with van der Waals surface area (Å²) in [6.07, 6.45) is 2.11. The van der Waals surface area contributed by atoms with Crippen LogP contribution in [0.2, 0.25) is 0 Å². The number of benzene rings is 2. The normalized spacial score (nSPS) is 16.5. The first-order valence-electron chi connectivity index (χ1n) is 10.1. The van der Waals surface area contributed by atoms with E-state index in [2.05, 4.69) is 50.7 Å². The van der Waals surface area contributed by atoms with Gasteiger partial charge in [-0.3, -0.25) is 14.4 Å². The second kappa shape index (κ2) is 9.21. The summed E-state index contributed by atoms with van der Waals surface area (Å²) in [4.78, 5) is 16.3. The molecule has 1 amide bonds. The van der Waals surface area contributed by atoms with Crippen LogP contribution in [-0.2, 0) is 16.4 Å². The summed E-state index contributed by atoms with van der Waals surface area (Å²) in [5.41, 5.74) is 3.62. The highest BCUT2D eigenvalue weighted by atomic mass is 32.2. The van der Waals surface area contributed by atoms with Gasteiger partial charge in [0.15, 0.2) is 0 Å². The number of nitrogens with zero attached hydrogens (tertiary/aromatic N) is 1. The van der Waals surface area contributed by atoms with E-state index in [1.807, 2.05) is 6.07 Å². The van der Waals surface area contributed by atoms with Crippen LogP contribution in [0.15, 0.2) is 66.0 Å². The van der Waals surface area contributed by atoms with E-state index < -0.39 is 10.0 Å². The van der Waals surface area contributed by atoms with Gasteiger partial charge in [-0.05, 0) is 53.3 Å². The van der Waals surface area contributed by atoms with Gasteiger partial charge in [-0.25, -0.2) is 8.42 Å². The molecular weight excluding hydrogens is 430 g/mol. The van der Waals surface area contributed by atoms with E-state index in [9.17, 15) is 13.2 Å². The maximum atomic E-state index is 12.5. The van der Waals surface area contributed by atoms with E-state index in [0.717, 1.165) is 25.8 Å². The Kier molecular flexibility index (Phi) is 6.41. The average molecular weight is 456 g/mol. The first-order valence-corrected chi connectivity index (χ1v) is 12.9. The fraction of sp³-hybridized carbons (Fsp3) is 0.261. The van der Waals surface area contributed by atoms with Crippen molar-refractivity contribution in [2.75, 3.05) is 30.6 Å². The fourth-order valence-electron chi connectivity index (χ4n) is 3.91. The Morgan fingerprint density at radius 3 is 2.55 bits per heavy atom. The lowest BCUT2D eigenvalue weighted by molar-refractivity contribution is 0.0945. The molecule has 4 rings (SSSR count). The van der Waals surface area contributed by atoms with Crippen LogP contribution in [0.5, 0.6) is 0 Å². The van der Waals surface area contributed by atoms with E-state index in [0.29, 0.717) is 17.8 Å². The zero-order valence-electron chi connectivity index (χ0n) is 17.2. The van der Waals surface area contributed by atoms with Crippen molar-refractivity contribution in [1.82, 2.24) is 10.2 Å². The highest BCUT2D eigenvalue weighted by Crippen LogP contribution is 2.38. The van der Waals surface area contributed by atoms with E-state index in [1.54, 1.807) is 35.6 Å². The number of carbonyl (C=O) groups excluding carboxylic acids is 1. The van der Waals surface area contributed by atoms with Gasteiger partial charge in [0.05, 0.1) is 12.3 Å². The Balaban J connectivity index is 1.39. The summed E-state index contributed by atoms with van der Waals surface area (Å²) >= 11 is 1.80. The summed E-state index contributed by atoms with van der Waals surface area (Å²) < 4.78 is 25.0. The van der Waals surface area contributed by atoms with Crippen molar-refractivity contribution in [3.63, 3.8) is 0 Å². The van der Waals surface area contributed by atoms with Gasteiger partial charge in [-0.15, -0.1) is 11.3 Å². The number of fused-ring (bicyclic) bond motifs is 1. The Morgan fingerprint density at radius 2 is 1.84 bits per heavy atom. The standard InChI is InChI=1S/C23H25N3O3S2/c1-31(28,29)25-20-9-7-19(8-10-20)23(27)24-13-15-26-14-11-18-12-16-30-22(18)21(26)17-5-3-2-4-6-17/h2-10,12,16,21,25H,11,13-15H2,1H3,(H,24,27). The molecule has 1 aromatic heterocycles. The van der Waals surface area contributed by atoms with Crippen molar-refractivity contribution in [3.05, 3.63) is 87.6 Å². The van der Waals surface area contributed by atoms with E-state index >= 15 is 0 Å². The zero-order chi connectivity index (χ0) is 21.8. The minimum absolute atomic E-state index is 0.170. The predicted octanol–water partition coefficient (Wildman–Crippen LogP) is 3.50. The quantitative estimate of drug-likeness (QED) is 0.572. The van der Waals surface area contributed by atoms with Crippen LogP contribution in [-0.4, -0.2) is 45.1 Å². The number of hydrogen-bond acceptors (Lipinski definition) is 5. The monoisotopic (exact) mass is 455 g/mol. The summed E-state index contributed by atoms with van der Waals surface area (Å²) in [5, 5.41) is 5.15. The van der Waals surface area contributed by atoms with Crippen molar-refractivity contribution in [2.45, 2.75) is 12.5 Å². The van der Waals surface area contributed by atoms with Crippen LogP contribution >= 0.6 is 11.3 Å². The molecule has 0 spiro atoms. The van der Waals surface area contributed by atoms with Crippen molar-refractivity contribution >= 4 is 33.0 Å². The number of carbonyl (C=O) groups is 1. The van der Waals surface area contributed by atoms with Crippen LogP contribution in [0.4, 0.5) is 5.69 Å². The first-order chi connectivity index (χ1) is 14.9. The number of sulfonamides is 1. The van der Waals surface area contributed by atoms with Crippen LogP contribution in [0.25, 0.3) is 0 Å². The second-order valence-electron chi connectivity index (χ2n) is 7.62. The smallest absolute Gasteiger partial charge is 0.251 e. The number of amides is 1. The predicted molar refractivity (Wildman–Crippen MR) is 125 cm³/mol. The van der Waals surface area contributed by atoms with Gasteiger partial charge in [0.25, 0.3) is 5.91 Å². The van der Waals surface area contributed by atoms with Gasteiger partial charge < -0.3 is 5.32 Å². The molecule has 1 aliphatic heterocycles. The second-order valence-corrected chi connectivity index (χ2v) is 10.3. The highest BCUT2D eigenvalue weighted by molar-refractivity contribution is 7.92. The summed E-state index contributed by atoms with van der Waals surface area (Å²) in [5.74, 6) is -0.170. The van der Waals surface area contributed by atoms with Gasteiger partial charge >= 0.3 is 0 Å². The van der Waals surface area contributed by atoms with Crippen molar-refractivity contribution in [3.8, 4) is 0 Å². The molecule has 1 atom stereocenters. The average Bonchev–Trinajstić information content (AvgIpc) is 3.22. The molecule has 6 nitrogen and oxygen atoms in total. The number of hydrogen-bond donors (Lipinski definition) is 2. The minimum atomic E-state index is -3.34. The number of anilines is 1. The van der Waals surface area contributed by atoms with E-state index in [-0.39, 0.29) is 11.9 Å². The summed E-state index contributed by atoms with van der Waals surface area (Å²) in [6.45, 7) is 2.23. The third-order valence-corrected chi connectivity index (χ3v) is 6.93. The molecule has 0 radical (unpaired) electrons. The molecule has 0 fully saturated rings. The number of thiophene rings is 1. The summed E-state index contributed by atoms with van der Waals surface area (Å²) in [6, 6.07) is 19.3. The van der Waals surface area contributed by atoms with Gasteiger partial charge in [-0.2, -0.15) is 0 Å². The molecule has 31 heavy (non-hydrogen) atoms. The third-order valence-electron chi connectivity index (χ3n) is 5.31. The van der Waals surface area contributed by atoms with Crippen LogP contribution in [0.3, 0.4) is 0 Å². The molecule has 1 aliphatic rings. The zero-order valence-corrected chi connectivity index (χ0v) is 18.9. The molecule has 0 aliphatic carbocycles.